The summed E-state index contributed by atoms with van der Waals surface area (Å²) in [5.41, 5.74) is 0. The largest absolute Gasteiger partial charge is 0.239 e. The van der Waals surface area contributed by atoms with Gasteiger partial charge in [-0.15, -0.1) is 0 Å². The first-order valence-corrected chi connectivity index (χ1v) is 7.61. The molecule has 0 heterocycles. The van der Waals surface area contributed by atoms with Gasteiger partial charge in [-0.1, -0.05) is 19.6 Å². The zero-order valence-electron chi connectivity index (χ0n) is 4.76. The molecule has 2 nitrogen and oxygen atoms in total. The highest BCUT2D eigenvalue weighted by Crippen LogP contribution is 1.98. The summed E-state index contributed by atoms with van der Waals surface area (Å²) >= 11 is 0. The zero-order valence-corrected chi connectivity index (χ0v) is 6.66. The first-order valence-electron chi connectivity index (χ1n) is 2.09. The van der Waals surface area contributed by atoms with Gasteiger partial charge in [0.1, 0.15) is 10.2 Å². The number of thiol groups is 1. The lowest BCUT2D eigenvalue weighted by Crippen LogP contribution is -2.21. The molecule has 0 radical (unpaired) electrons. The first kappa shape index (κ1) is 7.17. The van der Waals surface area contributed by atoms with Gasteiger partial charge in [0.25, 0.3) is 0 Å². The number of hydrogen-bond donors (Lipinski definition) is 1. The Morgan fingerprint density at radius 3 is 1.29 bits per heavy atom. The van der Waals surface area contributed by atoms with Crippen LogP contribution in [0.15, 0.2) is 0 Å². The van der Waals surface area contributed by atoms with Crippen molar-refractivity contribution in [1.82, 2.24) is 0 Å². The fourth-order valence-electron chi connectivity index (χ4n) is 0. The fourth-order valence-corrected chi connectivity index (χ4v) is 0. The van der Waals surface area contributed by atoms with E-state index in [1.807, 2.05) is 0 Å². The van der Waals surface area contributed by atoms with Crippen LogP contribution in [0.5, 0.6) is 0 Å². The summed E-state index contributed by atoms with van der Waals surface area (Å²) in [5.74, 6) is 0. The van der Waals surface area contributed by atoms with Crippen LogP contribution in [-0.2, 0) is 10.2 Å². The fraction of sp³-hybridized carbons (Fsp3) is 1.00. The molecule has 0 atom stereocenters. The molecule has 0 aromatic carbocycles. The summed E-state index contributed by atoms with van der Waals surface area (Å²) in [7, 11) is -3.88. The predicted molar refractivity (Wildman–Crippen MR) is 33.7 cm³/mol. The van der Waals surface area contributed by atoms with Gasteiger partial charge in [0.05, 0.1) is 0 Å². The van der Waals surface area contributed by atoms with E-state index in [9.17, 15) is 8.42 Å². The minimum absolute atomic E-state index is 1.78. The molecule has 0 aromatic heterocycles. The van der Waals surface area contributed by atoms with Crippen molar-refractivity contribution in [1.29, 1.82) is 0 Å². The van der Waals surface area contributed by atoms with Crippen molar-refractivity contribution in [3.63, 3.8) is 0 Å². The van der Waals surface area contributed by atoms with E-state index >= 15 is 0 Å². The quantitative estimate of drug-likeness (QED) is 0.421. The molecule has 0 aliphatic carbocycles. The average Bonchev–Trinajstić information content (AvgIpc) is 1.31. The van der Waals surface area contributed by atoms with Gasteiger partial charge < -0.3 is 0 Å². The molecule has 0 aromatic rings. The van der Waals surface area contributed by atoms with Gasteiger partial charge in [-0.2, -0.15) is 0 Å². The summed E-state index contributed by atoms with van der Waals surface area (Å²) in [4.78, 5) is 0. The minimum atomic E-state index is -2.10. The average molecular weight is 138 g/mol. The number of hydrogen-bond acceptors (Lipinski definition) is 2. The molecule has 4 heteroatoms. The van der Waals surface area contributed by atoms with Crippen LogP contribution in [0.25, 0.3) is 0 Å². The molecule has 0 aliphatic heterocycles. The van der Waals surface area contributed by atoms with E-state index in [1.54, 1.807) is 19.6 Å². The maximum absolute atomic E-state index is 10.1. The Morgan fingerprint density at radius 1 is 1.14 bits per heavy atom. The Morgan fingerprint density at radius 2 is 1.29 bits per heavy atom. The van der Waals surface area contributed by atoms with E-state index in [0.717, 1.165) is 0 Å². The van der Waals surface area contributed by atoms with E-state index in [4.69, 9.17) is 0 Å². The zero-order chi connectivity index (χ0) is 6.08. The molecule has 0 spiro atoms. The lowest BCUT2D eigenvalue weighted by atomic mass is 11.8. The van der Waals surface area contributed by atoms with E-state index < -0.39 is 17.4 Å². The Balaban J connectivity index is 4.08. The Labute approximate surface area is 46.2 Å². The van der Waals surface area contributed by atoms with Crippen molar-refractivity contribution in [2.45, 2.75) is 19.6 Å². The summed E-state index contributed by atoms with van der Waals surface area (Å²) in [6, 6.07) is 0. The summed E-state index contributed by atoms with van der Waals surface area (Å²) in [6.45, 7) is 5.41. The van der Waals surface area contributed by atoms with Crippen molar-refractivity contribution in [3.05, 3.63) is 0 Å². The lowest BCUT2D eigenvalue weighted by Gasteiger charge is -2.00. The van der Waals surface area contributed by atoms with Crippen LogP contribution in [-0.4, -0.2) is 15.6 Å². The molecule has 0 amide bonds. The van der Waals surface area contributed by atoms with E-state index in [1.165, 1.54) is 0 Å². The van der Waals surface area contributed by atoms with Crippen LogP contribution >= 0.6 is 0 Å². The third-order valence-corrected chi connectivity index (χ3v) is 4.93. The Hall–Kier alpha value is 0.167. The van der Waals surface area contributed by atoms with Crippen molar-refractivity contribution in [3.8, 4) is 0 Å². The van der Waals surface area contributed by atoms with Gasteiger partial charge in [0.15, 0.2) is 7.22 Å². The second-order valence-electron chi connectivity index (χ2n) is 2.43. The molecule has 0 saturated carbocycles. The topological polar surface area (TPSA) is 34.1 Å². The molecule has 44 valence electrons. The van der Waals surface area contributed by atoms with Crippen molar-refractivity contribution >= 4 is 17.4 Å². The van der Waals surface area contributed by atoms with Crippen LogP contribution in [0.3, 0.4) is 0 Å². The second-order valence-corrected chi connectivity index (χ2v) is 12.4. The van der Waals surface area contributed by atoms with Gasteiger partial charge in [-0.25, -0.2) is 8.42 Å². The van der Waals surface area contributed by atoms with Gasteiger partial charge in [-0.3, -0.25) is 0 Å². The molecular weight excluding hydrogens is 128 g/mol. The maximum Gasteiger partial charge on any atom is 0.183 e. The van der Waals surface area contributed by atoms with Crippen LogP contribution < -0.4 is 0 Å². The molecule has 0 bridgehead atoms. The molecular formula is C3H10O2SSi. The third kappa shape index (κ3) is 2.82. The van der Waals surface area contributed by atoms with Crippen molar-refractivity contribution in [2.75, 3.05) is 0 Å². The first-order chi connectivity index (χ1) is 2.94. The molecule has 0 rings (SSSR count). The minimum Gasteiger partial charge on any atom is -0.239 e. The van der Waals surface area contributed by atoms with Crippen LogP contribution in [0.2, 0.25) is 19.6 Å². The highest BCUT2D eigenvalue weighted by Gasteiger charge is 2.16. The summed E-state index contributed by atoms with van der Waals surface area (Å²) < 4.78 is 20.2. The van der Waals surface area contributed by atoms with Crippen molar-refractivity contribution in [2.24, 2.45) is 0 Å². The van der Waals surface area contributed by atoms with E-state index in [2.05, 4.69) is 0 Å². The molecule has 0 unspecified atom stereocenters. The monoisotopic (exact) mass is 138 g/mol. The maximum atomic E-state index is 10.1. The van der Waals surface area contributed by atoms with Gasteiger partial charge in [-0.05, 0) is 0 Å². The van der Waals surface area contributed by atoms with E-state index in [0.29, 0.717) is 0 Å². The molecule has 7 heavy (non-hydrogen) atoms. The molecule has 0 saturated heterocycles. The van der Waals surface area contributed by atoms with E-state index in [-0.39, 0.29) is 0 Å². The molecule has 0 N–H and O–H groups in total. The van der Waals surface area contributed by atoms with Crippen LogP contribution in [0.4, 0.5) is 0 Å². The SMILES string of the molecule is C[Si](C)(C)[SH](=O)=O. The normalized spacial score (nSPS) is 12.6. The Kier molecular flexibility index (Phi) is 2.01. The van der Waals surface area contributed by atoms with Gasteiger partial charge in [0, 0.05) is 0 Å². The van der Waals surface area contributed by atoms with Crippen LogP contribution in [0.1, 0.15) is 0 Å². The lowest BCUT2D eigenvalue weighted by molar-refractivity contribution is 0.624. The van der Waals surface area contributed by atoms with Crippen molar-refractivity contribution < 1.29 is 8.42 Å². The second kappa shape index (κ2) is 1.96. The van der Waals surface area contributed by atoms with Crippen LogP contribution in [0, 0.1) is 0 Å². The predicted octanol–water partition coefficient (Wildman–Crippen LogP) is 0.433. The Bertz CT molecular complexity index is 113. The third-order valence-electron chi connectivity index (χ3n) is 0.548. The smallest absolute Gasteiger partial charge is 0.183 e. The van der Waals surface area contributed by atoms with Gasteiger partial charge >= 0.3 is 0 Å². The number of rotatable bonds is 1. The summed E-state index contributed by atoms with van der Waals surface area (Å²) in [5, 5.41) is 0. The standard InChI is InChI=1S/C3H10O2SSi/c1-7(2,3)6(4)5/h6H,1-3H3. The molecule has 0 aliphatic rings. The van der Waals surface area contributed by atoms with Gasteiger partial charge in [0.2, 0.25) is 0 Å². The highest BCUT2D eigenvalue weighted by molar-refractivity contribution is 8.07. The molecule has 0 fully saturated rings. The highest BCUT2D eigenvalue weighted by atomic mass is 32.4. The summed E-state index contributed by atoms with van der Waals surface area (Å²) in [6.07, 6.45) is 0.